The van der Waals surface area contributed by atoms with Gasteiger partial charge < -0.3 is 14.2 Å². The van der Waals surface area contributed by atoms with Crippen LogP contribution in [0.1, 0.15) is 24.6 Å². The first-order valence-electron chi connectivity index (χ1n) is 8.12. The predicted octanol–water partition coefficient (Wildman–Crippen LogP) is 0.978. The zero-order chi connectivity index (χ0) is 15.5. The number of ether oxygens (including phenoxy) is 3. The zero-order valence-corrected chi connectivity index (χ0v) is 13.0. The molecule has 2 fully saturated rings. The van der Waals surface area contributed by atoms with Gasteiger partial charge in [-0.2, -0.15) is 10.2 Å². The maximum absolute atomic E-state index is 5.75. The Bertz CT molecular complexity index is 615. The molecular weight excluding hydrogens is 298 g/mol. The minimum absolute atomic E-state index is 0.00895. The standard InChI is InChI=1S/C15H21N5O3/c1-4-16-18-13(1)15-17-14(11-2-5-21-6-3-11)19-20(15)9-12-10-22-7-8-23-12/h1,4,11-12H,2-3,5-10H2,(H,16,18). The summed E-state index contributed by atoms with van der Waals surface area (Å²) in [4.78, 5) is 4.77. The lowest BCUT2D eigenvalue weighted by Gasteiger charge is -2.23. The largest absolute Gasteiger partial charge is 0.381 e. The maximum atomic E-state index is 5.75. The molecule has 0 spiro atoms. The van der Waals surface area contributed by atoms with Gasteiger partial charge in [0.15, 0.2) is 11.6 Å². The van der Waals surface area contributed by atoms with E-state index in [1.165, 1.54) is 0 Å². The van der Waals surface area contributed by atoms with Crippen LogP contribution in [0, 0.1) is 0 Å². The first kappa shape index (κ1) is 14.8. The Morgan fingerprint density at radius 2 is 2.09 bits per heavy atom. The van der Waals surface area contributed by atoms with Crippen LogP contribution >= 0.6 is 0 Å². The van der Waals surface area contributed by atoms with Crippen molar-refractivity contribution in [2.24, 2.45) is 0 Å². The topological polar surface area (TPSA) is 87.1 Å². The highest BCUT2D eigenvalue weighted by atomic mass is 16.6. The first-order valence-corrected chi connectivity index (χ1v) is 8.12. The van der Waals surface area contributed by atoms with E-state index in [1.54, 1.807) is 6.20 Å². The van der Waals surface area contributed by atoms with E-state index in [4.69, 9.17) is 24.3 Å². The van der Waals surface area contributed by atoms with E-state index >= 15 is 0 Å². The second-order valence-corrected chi connectivity index (χ2v) is 5.90. The van der Waals surface area contributed by atoms with E-state index < -0.39 is 0 Å². The molecule has 23 heavy (non-hydrogen) atoms. The lowest BCUT2D eigenvalue weighted by Crippen LogP contribution is -2.32. The van der Waals surface area contributed by atoms with Crippen molar-refractivity contribution in [1.29, 1.82) is 0 Å². The Morgan fingerprint density at radius 3 is 2.83 bits per heavy atom. The highest BCUT2D eigenvalue weighted by Gasteiger charge is 2.25. The molecule has 8 heteroatoms. The number of rotatable bonds is 4. The second-order valence-electron chi connectivity index (χ2n) is 5.90. The van der Waals surface area contributed by atoms with Gasteiger partial charge in [0.05, 0.1) is 26.4 Å². The lowest BCUT2D eigenvalue weighted by molar-refractivity contribution is -0.0945. The number of hydrogen-bond acceptors (Lipinski definition) is 6. The van der Waals surface area contributed by atoms with E-state index in [9.17, 15) is 0 Å². The van der Waals surface area contributed by atoms with Crippen LogP contribution in [0.25, 0.3) is 11.5 Å². The van der Waals surface area contributed by atoms with Gasteiger partial charge in [-0.05, 0) is 18.9 Å². The third kappa shape index (κ3) is 3.29. The van der Waals surface area contributed by atoms with Gasteiger partial charge in [0.2, 0.25) is 0 Å². The summed E-state index contributed by atoms with van der Waals surface area (Å²) in [5.74, 6) is 2.04. The maximum Gasteiger partial charge on any atom is 0.176 e. The molecule has 2 aliphatic heterocycles. The van der Waals surface area contributed by atoms with Crippen molar-refractivity contribution in [3.05, 3.63) is 18.1 Å². The van der Waals surface area contributed by atoms with E-state index in [-0.39, 0.29) is 6.10 Å². The SMILES string of the molecule is c1cc(-c2nc(C3CCOCC3)nn2CC2COCCO2)[nH]n1. The first-order chi connectivity index (χ1) is 11.4. The molecule has 1 atom stereocenters. The van der Waals surface area contributed by atoms with Gasteiger partial charge in [-0.15, -0.1) is 0 Å². The highest BCUT2D eigenvalue weighted by Crippen LogP contribution is 2.26. The monoisotopic (exact) mass is 319 g/mol. The number of aromatic amines is 1. The molecule has 0 bridgehead atoms. The lowest BCUT2D eigenvalue weighted by atomic mass is 10.00. The molecule has 2 saturated heterocycles. The predicted molar refractivity (Wildman–Crippen MR) is 81.0 cm³/mol. The molecule has 2 aromatic rings. The van der Waals surface area contributed by atoms with Crippen LogP contribution in [0.15, 0.2) is 12.3 Å². The van der Waals surface area contributed by atoms with Gasteiger partial charge in [-0.3, -0.25) is 5.10 Å². The zero-order valence-electron chi connectivity index (χ0n) is 13.0. The summed E-state index contributed by atoms with van der Waals surface area (Å²) in [7, 11) is 0. The van der Waals surface area contributed by atoms with E-state index in [0.29, 0.717) is 32.3 Å². The number of H-pyrrole nitrogens is 1. The van der Waals surface area contributed by atoms with Crippen LogP contribution in [0.5, 0.6) is 0 Å². The molecule has 0 radical (unpaired) electrons. The average molecular weight is 319 g/mol. The van der Waals surface area contributed by atoms with E-state index in [2.05, 4.69) is 10.2 Å². The van der Waals surface area contributed by atoms with Gasteiger partial charge >= 0.3 is 0 Å². The van der Waals surface area contributed by atoms with Crippen LogP contribution in [-0.4, -0.2) is 64.1 Å². The van der Waals surface area contributed by atoms with Crippen molar-refractivity contribution < 1.29 is 14.2 Å². The summed E-state index contributed by atoms with van der Waals surface area (Å²) in [6.45, 7) is 4.07. The summed E-state index contributed by atoms with van der Waals surface area (Å²) < 4.78 is 18.6. The third-order valence-electron chi connectivity index (χ3n) is 4.28. The molecule has 0 saturated carbocycles. The van der Waals surface area contributed by atoms with Crippen molar-refractivity contribution in [2.45, 2.75) is 31.4 Å². The van der Waals surface area contributed by atoms with E-state index in [1.807, 2.05) is 10.7 Å². The summed E-state index contributed by atoms with van der Waals surface area (Å²) in [6.07, 6.45) is 3.67. The molecule has 0 aromatic carbocycles. The number of nitrogens with zero attached hydrogens (tertiary/aromatic N) is 4. The number of hydrogen-bond donors (Lipinski definition) is 1. The molecule has 4 heterocycles. The van der Waals surface area contributed by atoms with Crippen LogP contribution in [-0.2, 0) is 20.8 Å². The normalized spacial score (nSPS) is 23.2. The Hall–Kier alpha value is -1.77. The smallest absolute Gasteiger partial charge is 0.176 e. The molecule has 0 amide bonds. The molecule has 2 aliphatic rings. The molecule has 0 aliphatic carbocycles. The average Bonchev–Trinajstić information content (AvgIpc) is 3.26. The van der Waals surface area contributed by atoms with Crippen molar-refractivity contribution in [2.75, 3.05) is 33.0 Å². The van der Waals surface area contributed by atoms with Gasteiger partial charge in [0.1, 0.15) is 11.8 Å². The highest BCUT2D eigenvalue weighted by molar-refractivity contribution is 5.48. The van der Waals surface area contributed by atoms with Gasteiger partial charge in [0, 0.05) is 25.3 Å². The Balaban J connectivity index is 1.60. The molecule has 4 rings (SSSR count). The van der Waals surface area contributed by atoms with Gasteiger partial charge in [0.25, 0.3) is 0 Å². The van der Waals surface area contributed by atoms with Crippen LogP contribution < -0.4 is 0 Å². The fourth-order valence-electron chi connectivity index (χ4n) is 3.03. The number of aromatic nitrogens is 5. The molecule has 124 valence electrons. The molecule has 1 unspecified atom stereocenters. The van der Waals surface area contributed by atoms with Crippen LogP contribution in [0.4, 0.5) is 0 Å². The van der Waals surface area contributed by atoms with Crippen molar-refractivity contribution in [1.82, 2.24) is 25.0 Å². The van der Waals surface area contributed by atoms with Crippen molar-refractivity contribution >= 4 is 0 Å². The fraction of sp³-hybridized carbons (Fsp3) is 0.667. The molecule has 1 N–H and O–H groups in total. The second kappa shape index (κ2) is 6.77. The minimum atomic E-state index is 0.00895. The van der Waals surface area contributed by atoms with Crippen LogP contribution in [0.2, 0.25) is 0 Å². The Labute approximate surface area is 134 Å². The molecule has 2 aromatic heterocycles. The summed E-state index contributed by atoms with van der Waals surface area (Å²) in [5.41, 5.74) is 0.868. The fourth-order valence-corrected chi connectivity index (χ4v) is 3.03. The molecular formula is C15H21N5O3. The summed E-state index contributed by atoms with van der Waals surface area (Å²) >= 11 is 0. The van der Waals surface area contributed by atoms with Crippen LogP contribution in [0.3, 0.4) is 0 Å². The van der Waals surface area contributed by atoms with Crippen molar-refractivity contribution in [3.8, 4) is 11.5 Å². The summed E-state index contributed by atoms with van der Waals surface area (Å²) in [5, 5.41) is 11.8. The Kier molecular flexibility index (Phi) is 4.36. The molecule has 8 nitrogen and oxygen atoms in total. The Morgan fingerprint density at radius 1 is 1.17 bits per heavy atom. The minimum Gasteiger partial charge on any atom is -0.381 e. The number of nitrogens with one attached hydrogen (secondary N) is 1. The quantitative estimate of drug-likeness (QED) is 0.904. The summed E-state index contributed by atoms with van der Waals surface area (Å²) in [6, 6.07) is 1.91. The van der Waals surface area contributed by atoms with Gasteiger partial charge in [-0.25, -0.2) is 9.67 Å². The van der Waals surface area contributed by atoms with Gasteiger partial charge in [-0.1, -0.05) is 0 Å². The van der Waals surface area contributed by atoms with E-state index in [0.717, 1.165) is 43.4 Å². The third-order valence-corrected chi connectivity index (χ3v) is 4.28. The van der Waals surface area contributed by atoms with Crippen molar-refractivity contribution in [3.63, 3.8) is 0 Å².